The molecular weight excluding hydrogens is 408 g/mol. The minimum absolute atomic E-state index is 0. The van der Waals surface area contributed by atoms with E-state index in [9.17, 15) is 0 Å². The fourth-order valence-corrected chi connectivity index (χ4v) is 3.37. The van der Waals surface area contributed by atoms with Crippen LogP contribution in [-0.2, 0) is 27.9 Å². The molecule has 0 spiro atoms. The molecule has 1 heterocycles. The van der Waals surface area contributed by atoms with E-state index in [0.29, 0.717) is 0 Å². The summed E-state index contributed by atoms with van der Waals surface area (Å²) in [6.45, 7) is 20.2. The number of benzene rings is 1. The molecule has 0 amide bonds. The second kappa shape index (κ2) is 18.3. The van der Waals surface area contributed by atoms with Crippen LogP contribution in [0.3, 0.4) is 0 Å². The SMILES string of the molecule is [C-]#N.[CH2-][C@H](Cc1ccccc1)O[Si](C)(C)C(C)(C)C.[Cu].[Li].[Li].[c-]1cccs1. The van der Waals surface area contributed by atoms with Crippen LogP contribution in [0, 0.1) is 24.1 Å². The van der Waals surface area contributed by atoms with Gasteiger partial charge >= 0.3 is 0 Å². The van der Waals surface area contributed by atoms with Crippen molar-refractivity contribution in [3.8, 4) is 0 Å². The molecule has 27 heavy (non-hydrogen) atoms. The van der Waals surface area contributed by atoms with Crippen LogP contribution in [0.5, 0.6) is 0 Å². The molecule has 145 valence electrons. The summed E-state index contributed by atoms with van der Waals surface area (Å²) in [7, 11) is -1.68. The summed E-state index contributed by atoms with van der Waals surface area (Å²) < 4.78 is 6.23. The first-order chi connectivity index (χ1) is 11.2. The Kier molecular flexibility index (Phi) is 23.6. The summed E-state index contributed by atoms with van der Waals surface area (Å²) in [4.78, 5) is 0. The van der Waals surface area contributed by atoms with Crippen molar-refractivity contribution >= 4 is 57.4 Å². The molecule has 0 aliphatic rings. The summed E-state index contributed by atoms with van der Waals surface area (Å²) in [5.74, 6) is 0. The van der Waals surface area contributed by atoms with Gasteiger partial charge < -0.3 is 34.5 Å². The van der Waals surface area contributed by atoms with Crippen molar-refractivity contribution in [1.29, 1.82) is 5.26 Å². The monoisotopic (exact) mass is 435 g/mol. The molecule has 1 atom stereocenters. The number of hydrogen-bond acceptors (Lipinski definition) is 3. The van der Waals surface area contributed by atoms with Crippen LogP contribution in [0.25, 0.3) is 0 Å². The van der Waals surface area contributed by atoms with Gasteiger partial charge in [0, 0.05) is 54.8 Å². The Hall–Kier alpha value is 0.301. The van der Waals surface area contributed by atoms with Gasteiger partial charge in [-0.1, -0.05) is 57.2 Å². The number of nitrogens with zero attached hydrogens (tertiary/aromatic N) is 1. The predicted molar refractivity (Wildman–Crippen MR) is 117 cm³/mol. The van der Waals surface area contributed by atoms with Gasteiger partial charge in [0.15, 0.2) is 8.32 Å². The second-order valence-corrected chi connectivity index (χ2v) is 12.4. The van der Waals surface area contributed by atoms with Crippen LogP contribution >= 0.6 is 11.3 Å². The third-order valence-electron chi connectivity index (χ3n) is 3.95. The maximum atomic E-state index is 6.25. The Bertz CT molecular complexity index is 543. The van der Waals surface area contributed by atoms with Crippen LogP contribution < -0.4 is 0 Å². The standard InChI is InChI=1S/C15H25OSi.C4H3S.CN.Cu.2Li/c1-13(12-14-10-8-7-9-11-14)16-17(5,6)15(2,3)4;1-2-4-5-3-1;1-2;;;/h7-11,13H,1,12H2,2-6H3;1-3H;;;;/q3*-1;;;/t13-;;;;;/m1...../s1. The normalized spacial score (nSPS) is 10.8. The summed E-state index contributed by atoms with van der Waals surface area (Å²) >= 11 is 1.59. The molecule has 0 saturated heterocycles. The molecule has 3 radical (unpaired) electrons. The predicted octanol–water partition coefficient (Wildman–Crippen LogP) is 5.33. The van der Waals surface area contributed by atoms with Crippen molar-refractivity contribution in [2.75, 3.05) is 0 Å². The van der Waals surface area contributed by atoms with Crippen molar-refractivity contribution in [3.63, 3.8) is 0 Å². The van der Waals surface area contributed by atoms with E-state index in [-0.39, 0.29) is 65.9 Å². The topological polar surface area (TPSA) is 33.0 Å². The average Bonchev–Trinajstić information content (AvgIpc) is 3.08. The zero-order valence-electron chi connectivity index (χ0n) is 17.7. The van der Waals surface area contributed by atoms with Crippen molar-refractivity contribution in [2.24, 2.45) is 0 Å². The second-order valence-electron chi connectivity index (χ2n) is 6.92. The van der Waals surface area contributed by atoms with E-state index in [4.69, 9.17) is 16.3 Å². The number of rotatable bonds is 4. The Morgan fingerprint density at radius 2 is 1.67 bits per heavy atom. The largest absolute Gasteiger partial charge is 0.512 e. The fraction of sp³-hybridized carbons (Fsp3) is 0.400. The van der Waals surface area contributed by atoms with Gasteiger partial charge in [0.25, 0.3) is 0 Å². The molecule has 1 aromatic carbocycles. The Balaban J connectivity index is -0.000000226. The molecular formula is C20H28CuLi2NOSSi-3. The van der Waals surface area contributed by atoms with Gasteiger partial charge in [-0.3, -0.25) is 0 Å². The smallest absolute Gasteiger partial charge is 0.187 e. The summed E-state index contributed by atoms with van der Waals surface area (Å²) in [5, 5.41) is 11.4. The molecule has 2 nitrogen and oxygen atoms in total. The van der Waals surface area contributed by atoms with Gasteiger partial charge in [-0.15, -0.1) is 5.38 Å². The van der Waals surface area contributed by atoms with Crippen LogP contribution in [0.2, 0.25) is 18.1 Å². The first-order valence-electron chi connectivity index (χ1n) is 7.89. The van der Waals surface area contributed by atoms with Gasteiger partial charge in [-0.25, -0.2) is 6.07 Å². The maximum absolute atomic E-state index is 6.25. The van der Waals surface area contributed by atoms with Gasteiger partial charge in [0.1, 0.15) is 0 Å². The fourth-order valence-electron chi connectivity index (χ4n) is 1.71. The Morgan fingerprint density at radius 3 is 2.00 bits per heavy atom. The van der Waals surface area contributed by atoms with Crippen LogP contribution in [0.1, 0.15) is 26.3 Å². The summed E-state index contributed by atoms with van der Waals surface area (Å²) in [5.41, 5.74) is 1.30. The Labute approximate surface area is 206 Å². The summed E-state index contributed by atoms with van der Waals surface area (Å²) in [6.07, 6.45) is 0.950. The van der Waals surface area contributed by atoms with E-state index >= 15 is 0 Å². The molecule has 1 aromatic heterocycles. The van der Waals surface area contributed by atoms with Crippen LogP contribution in [-0.4, -0.2) is 52.1 Å². The third kappa shape index (κ3) is 15.9. The van der Waals surface area contributed by atoms with Crippen LogP contribution in [0.15, 0.2) is 47.8 Å². The average molecular weight is 436 g/mol. The molecule has 0 saturated carbocycles. The van der Waals surface area contributed by atoms with E-state index in [0.717, 1.165) is 6.42 Å². The van der Waals surface area contributed by atoms with Crippen molar-refractivity contribution in [1.82, 2.24) is 0 Å². The number of thiophene rings is 1. The molecule has 0 fully saturated rings. The third-order valence-corrected chi connectivity index (χ3v) is 9.05. The molecule has 7 heteroatoms. The van der Waals surface area contributed by atoms with E-state index in [1.54, 1.807) is 11.3 Å². The van der Waals surface area contributed by atoms with Gasteiger partial charge in [0.05, 0.1) is 0 Å². The van der Waals surface area contributed by atoms with Crippen molar-refractivity contribution in [2.45, 2.75) is 51.4 Å². The molecule has 0 unspecified atom stereocenters. The van der Waals surface area contributed by atoms with E-state index in [2.05, 4.69) is 70.4 Å². The molecule has 0 aliphatic carbocycles. The van der Waals surface area contributed by atoms with Gasteiger partial charge in [0.2, 0.25) is 0 Å². The minimum Gasteiger partial charge on any atom is -0.512 e. The first kappa shape index (κ1) is 34.8. The van der Waals surface area contributed by atoms with E-state index in [1.165, 1.54) is 5.56 Å². The van der Waals surface area contributed by atoms with Crippen molar-refractivity contribution in [3.05, 3.63) is 72.3 Å². The van der Waals surface area contributed by atoms with E-state index in [1.807, 2.05) is 23.6 Å². The molecule has 2 rings (SSSR count). The summed E-state index contributed by atoms with van der Waals surface area (Å²) in [6, 6.07) is 14.3. The molecule has 0 aliphatic heterocycles. The quantitative estimate of drug-likeness (QED) is 0.480. The van der Waals surface area contributed by atoms with Gasteiger partial charge in [-0.2, -0.15) is 11.4 Å². The number of hydrogen-bond donors (Lipinski definition) is 0. The zero-order valence-corrected chi connectivity index (χ0v) is 20.4. The Morgan fingerprint density at radius 1 is 1.15 bits per heavy atom. The maximum Gasteiger partial charge on any atom is 0.187 e. The molecule has 2 aromatic rings. The van der Waals surface area contributed by atoms with Crippen molar-refractivity contribution < 1.29 is 21.5 Å². The van der Waals surface area contributed by atoms with Crippen LogP contribution in [0.4, 0.5) is 0 Å². The zero-order chi connectivity index (χ0) is 18.6. The van der Waals surface area contributed by atoms with E-state index < -0.39 is 8.32 Å². The molecule has 0 bridgehead atoms. The molecule has 0 N–H and O–H groups in total. The minimum atomic E-state index is -1.68. The first-order valence-corrected chi connectivity index (χ1v) is 11.7. The van der Waals surface area contributed by atoms with Gasteiger partial charge in [-0.05, 0) is 30.1 Å².